The highest BCUT2D eigenvalue weighted by atomic mass is 19.1. The van der Waals surface area contributed by atoms with Crippen molar-refractivity contribution in [3.8, 4) is 5.75 Å². The summed E-state index contributed by atoms with van der Waals surface area (Å²) in [5, 5.41) is 9.13. The van der Waals surface area contributed by atoms with Crippen molar-refractivity contribution in [1.82, 2.24) is 0 Å². The molecule has 0 atom stereocenters. The van der Waals surface area contributed by atoms with Gasteiger partial charge in [-0.1, -0.05) is 12.1 Å². The maximum atomic E-state index is 12.7. The van der Waals surface area contributed by atoms with E-state index in [1.165, 1.54) is 12.1 Å². The second-order valence-electron chi connectivity index (χ2n) is 2.45. The summed E-state index contributed by atoms with van der Waals surface area (Å²) in [5.41, 5.74) is 0.474. The molecule has 3 heteroatoms. The van der Waals surface area contributed by atoms with Crippen molar-refractivity contribution in [1.29, 1.82) is 0 Å². The highest BCUT2D eigenvalue weighted by Crippen LogP contribution is 2.21. The van der Waals surface area contributed by atoms with E-state index in [9.17, 15) is 9.18 Å². The van der Waals surface area contributed by atoms with Gasteiger partial charge < -0.3 is 9.90 Å². The van der Waals surface area contributed by atoms with Crippen molar-refractivity contribution in [2.75, 3.05) is 0 Å². The first-order chi connectivity index (χ1) is 5.75. The molecule has 0 saturated carbocycles. The quantitative estimate of drug-likeness (QED) is 0.697. The van der Waals surface area contributed by atoms with Crippen LogP contribution in [0.4, 0.5) is 4.39 Å². The van der Waals surface area contributed by atoms with Crippen LogP contribution in [-0.2, 0) is 11.2 Å². The van der Waals surface area contributed by atoms with Gasteiger partial charge in [0.25, 0.3) is 0 Å². The lowest BCUT2D eigenvalue weighted by atomic mass is 10.1. The maximum absolute atomic E-state index is 12.7. The number of aromatic hydroxyl groups is 1. The highest BCUT2D eigenvalue weighted by molar-refractivity contribution is 5.50. The summed E-state index contributed by atoms with van der Waals surface area (Å²) >= 11 is 0. The third-order valence-electron chi connectivity index (χ3n) is 1.60. The Morgan fingerprint density at radius 3 is 2.92 bits per heavy atom. The van der Waals surface area contributed by atoms with E-state index in [1.54, 1.807) is 6.07 Å². The Labute approximate surface area is 69.6 Å². The summed E-state index contributed by atoms with van der Waals surface area (Å²) in [5.74, 6) is -0.988. The first kappa shape index (κ1) is 8.71. The molecule has 0 amide bonds. The van der Waals surface area contributed by atoms with Gasteiger partial charge in [0.1, 0.15) is 6.29 Å². The number of phenols is 1. The summed E-state index contributed by atoms with van der Waals surface area (Å²) < 4.78 is 12.7. The fourth-order valence-electron chi connectivity index (χ4n) is 0.976. The molecule has 0 unspecified atom stereocenters. The van der Waals surface area contributed by atoms with E-state index in [-0.39, 0.29) is 5.75 Å². The predicted molar refractivity (Wildman–Crippen MR) is 42.4 cm³/mol. The number of rotatable bonds is 3. The zero-order valence-corrected chi connectivity index (χ0v) is 6.46. The monoisotopic (exact) mass is 168 g/mol. The fraction of sp³-hybridized carbons (Fsp3) is 0.222. The Morgan fingerprint density at radius 1 is 1.50 bits per heavy atom. The minimum atomic E-state index is -0.640. The summed E-state index contributed by atoms with van der Waals surface area (Å²) in [6.45, 7) is 0. The predicted octanol–water partition coefficient (Wildman–Crippen LogP) is 1.66. The number of carbonyl (C=O) groups is 1. The van der Waals surface area contributed by atoms with Crippen LogP contribution in [0.3, 0.4) is 0 Å². The van der Waals surface area contributed by atoms with Gasteiger partial charge in [0.15, 0.2) is 11.6 Å². The Hall–Kier alpha value is -1.38. The molecular weight excluding hydrogens is 159 g/mol. The molecule has 1 aromatic carbocycles. The Morgan fingerprint density at radius 2 is 2.25 bits per heavy atom. The highest BCUT2D eigenvalue weighted by Gasteiger charge is 2.04. The van der Waals surface area contributed by atoms with Gasteiger partial charge in [0.05, 0.1) is 0 Å². The average Bonchev–Trinajstić information content (AvgIpc) is 2.08. The molecule has 1 N–H and O–H groups in total. The van der Waals surface area contributed by atoms with E-state index < -0.39 is 5.82 Å². The molecule has 0 fully saturated rings. The van der Waals surface area contributed by atoms with Crippen LogP contribution in [0.25, 0.3) is 0 Å². The number of hydrogen-bond acceptors (Lipinski definition) is 2. The van der Waals surface area contributed by atoms with Crippen molar-refractivity contribution in [2.24, 2.45) is 0 Å². The number of phenolic OH excluding ortho intramolecular Hbond substituents is 1. The molecule has 0 aliphatic heterocycles. The molecule has 0 aliphatic rings. The molecule has 0 bridgehead atoms. The number of benzene rings is 1. The largest absolute Gasteiger partial charge is 0.505 e. The molecule has 64 valence electrons. The second kappa shape index (κ2) is 3.85. The van der Waals surface area contributed by atoms with Crippen LogP contribution in [0.1, 0.15) is 12.0 Å². The lowest BCUT2D eigenvalue weighted by Crippen LogP contribution is -1.88. The molecule has 12 heavy (non-hydrogen) atoms. The van der Waals surface area contributed by atoms with Crippen LogP contribution in [0, 0.1) is 5.82 Å². The summed E-state index contributed by atoms with van der Waals surface area (Å²) in [4.78, 5) is 10.00. The van der Waals surface area contributed by atoms with E-state index in [0.717, 1.165) is 6.29 Å². The van der Waals surface area contributed by atoms with Crippen LogP contribution in [0.2, 0.25) is 0 Å². The molecule has 0 aromatic heterocycles. The van der Waals surface area contributed by atoms with Crippen LogP contribution in [-0.4, -0.2) is 11.4 Å². The van der Waals surface area contributed by atoms with Crippen molar-refractivity contribution in [3.63, 3.8) is 0 Å². The molecule has 0 heterocycles. The van der Waals surface area contributed by atoms with E-state index >= 15 is 0 Å². The molecule has 2 nitrogen and oxygen atoms in total. The first-order valence-electron chi connectivity index (χ1n) is 3.65. The Balaban J connectivity index is 2.84. The molecule has 0 spiro atoms. The van der Waals surface area contributed by atoms with Crippen molar-refractivity contribution < 1.29 is 14.3 Å². The standard InChI is InChI=1S/C9H9FO2/c10-8-5-1-3-7(9(8)12)4-2-6-11/h1,3,5-6,12H,2,4H2. The minimum Gasteiger partial charge on any atom is -0.505 e. The van der Waals surface area contributed by atoms with Crippen molar-refractivity contribution in [2.45, 2.75) is 12.8 Å². The fourth-order valence-corrected chi connectivity index (χ4v) is 0.976. The van der Waals surface area contributed by atoms with Gasteiger partial charge in [0, 0.05) is 6.42 Å². The molecule has 1 aromatic rings. The van der Waals surface area contributed by atoms with Gasteiger partial charge in [-0.15, -0.1) is 0 Å². The SMILES string of the molecule is O=CCCc1cccc(F)c1O. The topological polar surface area (TPSA) is 37.3 Å². The summed E-state index contributed by atoms with van der Waals surface area (Å²) in [7, 11) is 0. The number of halogens is 1. The number of aldehydes is 1. The third-order valence-corrected chi connectivity index (χ3v) is 1.60. The van der Waals surface area contributed by atoms with Crippen molar-refractivity contribution >= 4 is 6.29 Å². The maximum Gasteiger partial charge on any atom is 0.165 e. The third kappa shape index (κ3) is 1.81. The molecule has 1 rings (SSSR count). The Kier molecular flexibility index (Phi) is 2.80. The van der Waals surface area contributed by atoms with E-state index in [4.69, 9.17) is 5.11 Å². The smallest absolute Gasteiger partial charge is 0.165 e. The summed E-state index contributed by atoms with van der Waals surface area (Å²) in [6, 6.07) is 4.29. The van der Waals surface area contributed by atoms with E-state index in [1.807, 2.05) is 0 Å². The average molecular weight is 168 g/mol. The van der Waals surface area contributed by atoms with Crippen molar-refractivity contribution in [3.05, 3.63) is 29.6 Å². The lowest BCUT2D eigenvalue weighted by Gasteiger charge is -2.01. The second-order valence-corrected chi connectivity index (χ2v) is 2.45. The molecule has 0 aliphatic carbocycles. The number of carbonyl (C=O) groups excluding carboxylic acids is 1. The Bertz CT molecular complexity index is 284. The first-order valence-corrected chi connectivity index (χ1v) is 3.65. The number of para-hydroxylation sites is 1. The lowest BCUT2D eigenvalue weighted by molar-refractivity contribution is -0.107. The van der Waals surface area contributed by atoms with Gasteiger partial charge in [-0.2, -0.15) is 0 Å². The van der Waals surface area contributed by atoms with Crippen LogP contribution >= 0.6 is 0 Å². The van der Waals surface area contributed by atoms with Gasteiger partial charge in [-0.25, -0.2) is 4.39 Å². The normalized spacial score (nSPS) is 9.75. The van der Waals surface area contributed by atoms with Gasteiger partial charge in [0.2, 0.25) is 0 Å². The van der Waals surface area contributed by atoms with E-state index in [0.29, 0.717) is 18.4 Å². The molecule has 0 radical (unpaired) electrons. The molecule has 0 saturated heterocycles. The van der Waals surface area contributed by atoms with Gasteiger partial charge in [-0.05, 0) is 18.1 Å². The zero-order chi connectivity index (χ0) is 8.97. The van der Waals surface area contributed by atoms with Crippen LogP contribution < -0.4 is 0 Å². The van der Waals surface area contributed by atoms with E-state index in [2.05, 4.69) is 0 Å². The van der Waals surface area contributed by atoms with Gasteiger partial charge >= 0.3 is 0 Å². The van der Waals surface area contributed by atoms with Crippen LogP contribution in [0.5, 0.6) is 5.75 Å². The zero-order valence-electron chi connectivity index (χ0n) is 6.46. The number of aryl methyl sites for hydroxylation is 1. The summed E-state index contributed by atoms with van der Waals surface area (Å²) in [6.07, 6.45) is 1.43. The molecular formula is C9H9FO2. The van der Waals surface area contributed by atoms with Gasteiger partial charge in [-0.3, -0.25) is 0 Å². The minimum absolute atomic E-state index is 0.303. The van der Waals surface area contributed by atoms with Crippen LogP contribution in [0.15, 0.2) is 18.2 Å². The number of hydrogen-bond donors (Lipinski definition) is 1.